The van der Waals surface area contributed by atoms with Crippen molar-refractivity contribution in [1.82, 2.24) is 5.32 Å². The number of ether oxygens (including phenoxy) is 3. The smallest absolute Gasteiger partial charge is 0.241 e. The molecule has 1 aliphatic rings. The van der Waals surface area contributed by atoms with Crippen LogP contribution in [0.25, 0.3) is 0 Å². The van der Waals surface area contributed by atoms with Crippen molar-refractivity contribution < 1.29 is 19.0 Å². The number of nitrogens with one attached hydrogen (secondary N) is 2. The third kappa shape index (κ3) is 3.92. The van der Waals surface area contributed by atoms with Crippen LogP contribution < -0.4 is 24.8 Å². The summed E-state index contributed by atoms with van der Waals surface area (Å²) in [5.41, 5.74) is 0.623. The topological polar surface area (TPSA) is 68.8 Å². The monoisotopic (exact) mass is 316 g/mol. The lowest BCUT2D eigenvalue weighted by Crippen LogP contribution is -2.35. The van der Waals surface area contributed by atoms with Gasteiger partial charge in [-0.15, -0.1) is 12.4 Å². The number of methoxy groups -OCH3 is 3. The summed E-state index contributed by atoms with van der Waals surface area (Å²) in [5.74, 6) is 1.49. The van der Waals surface area contributed by atoms with Gasteiger partial charge in [0.15, 0.2) is 11.5 Å². The summed E-state index contributed by atoms with van der Waals surface area (Å²) in [7, 11) is 4.63. The molecule has 1 atom stereocenters. The molecule has 1 fully saturated rings. The highest BCUT2D eigenvalue weighted by atomic mass is 35.5. The van der Waals surface area contributed by atoms with Gasteiger partial charge in [0, 0.05) is 17.8 Å². The molecule has 0 unspecified atom stereocenters. The van der Waals surface area contributed by atoms with E-state index in [1.54, 1.807) is 33.5 Å². The summed E-state index contributed by atoms with van der Waals surface area (Å²) in [4.78, 5) is 12.1. The molecule has 1 aromatic rings. The molecule has 1 aliphatic heterocycles. The molecule has 0 bridgehead atoms. The Hall–Kier alpha value is -1.66. The first-order valence-electron chi connectivity index (χ1n) is 6.54. The van der Waals surface area contributed by atoms with Gasteiger partial charge in [0.2, 0.25) is 11.7 Å². The molecule has 7 heteroatoms. The van der Waals surface area contributed by atoms with Crippen LogP contribution >= 0.6 is 12.4 Å². The fraction of sp³-hybridized carbons (Fsp3) is 0.500. The van der Waals surface area contributed by atoms with E-state index in [2.05, 4.69) is 10.6 Å². The number of halogens is 1. The summed E-state index contributed by atoms with van der Waals surface area (Å²) >= 11 is 0. The van der Waals surface area contributed by atoms with E-state index < -0.39 is 0 Å². The number of benzene rings is 1. The van der Waals surface area contributed by atoms with Crippen molar-refractivity contribution >= 4 is 24.0 Å². The number of hydrogen-bond acceptors (Lipinski definition) is 5. The van der Waals surface area contributed by atoms with E-state index in [-0.39, 0.29) is 24.4 Å². The fourth-order valence-corrected chi connectivity index (χ4v) is 2.29. The molecule has 6 nitrogen and oxygen atoms in total. The molecule has 1 heterocycles. The van der Waals surface area contributed by atoms with Gasteiger partial charge in [-0.25, -0.2) is 0 Å². The van der Waals surface area contributed by atoms with Crippen LogP contribution in [0.4, 0.5) is 5.69 Å². The zero-order valence-corrected chi connectivity index (χ0v) is 13.2. The van der Waals surface area contributed by atoms with E-state index in [0.717, 1.165) is 19.4 Å². The molecule has 0 aromatic heterocycles. The average molecular weight is 317 g/mol. The van der Waals surface area contributed by atoms with Crippen molar-refractivity contribution in [3.63, 3.8) is 0 Å². The normalized spacial score (nSPS) is 16.8. The first kappa shape index (κ1) is 17.4. The molecule has 0 spiro atoms. The van der Waals surface area contributed by atoms with Crippen molar-refractivity contribution in [3.8, 4) is 17.2 Å². The Bertz CT molecular complexity index is 465. The summed E-state index contributed by atoms with van der Waals surface area (Å²) in [6, 6.07) is 3.30. The van der Waals surface area contributed by atoms with Crippen molar-refractivity contribution in [2.45, 2.75) is 18.9 Å². The predicted molar refractivity (Wildman–Crippen MR) is 83.0 cm³/mol. The second-order valence-electron chi connectivity index (χ2n) is 4.55. The number of carbonyl (C=O) groups is 1. The molecule has 1 saturated heterocycles. The highest BCUT2D eigenvalue weighted by Gasteiger charge is 2.23. The molecular formula is C14H21ClN2O4. The Morgan fingerprint density at radius 3 is 2.24 bits per heavy atom. The first-order valence-corrected chi connectivity index (χ1v) is 6.54. The molecule has 0 radical (unpaired) electrons. The lowest BCUT2D eigenvalue weighted by molar-refractivity contribution is -0.117. The standard InChI is InChI=1S/C14H20N2O4.ClH/c1-18-11-7-9(8-12(19-2)13(11)20-3)16-14(17)10-5-4-6-15-10;/h7-8,10,15H,4-6H2,1-3H3,(H,16,17);1H/t10-;/m0./s1. The van der Waals surface area contributed by atoms with Gasteiger partial charge in [-0.1, -0.05) is 0 Å². The highest BCUT2D eigenvalue weighted by Crippen LogP contribution is 2.39. The predicted octanol–water partition coefficient (Wildman–Crippen LogP) is 1.82. The van der Waals surface area contributed by atoms with Crippen LogP contribution in [0.3, 0.4) is 0 Å². The Labute approximate surface area is 130 Å². The number of carbonyl (C=O) groups excluding carboxylic acids is 1. The first-order chi connectivity index (χ1) is 9.69. The van der Waals surface area contributed by atoms with Gasteiger partial charge in [0.25, 0.3) is 0 Å². The van der Waals surface area contributed by atoms with Gasteiger partial charge in [0.1, 0.15) is 0 Å². The maximum absolute atomic E-state index is 12.1. The van der Waals surface area contributed by atoms with Crippen molar-refractivity contribution in [2.75, 3.05) is 33.2 Å². The summed E-state index contributed by atoms with van der Waals surface area (Å²) in [6.45, 7) is 0.882. The zero-order valence-electron chi connectivity index (χ0n) is 12.4. The van der Waals surface area contributed by atoms with Crippen molar-refractivity contribution in [1.29, 1.82) is 0 Å². The average Bonchev–Trinajstić information content (AvgIpc) is 3.00. The minimum Gasteiger partial charge on any atom is -0.493 e. The lowest BCUT2D eigenvalue weighted by atomic mass is 10.2. The Kier molecular flexibility index (Phi) is 6.58. The van der Waals surface area contributed by atoms with Crippen molar-refractivity contribution in [2.24, 2.45) is 0 Å². The molecule has 118 valence electrons. The van der Waals surface area contributed by atoms with Gasteiger partial charge in [0.05, 0.1) is 27.4 Å². The van der Waals surface area contributed by atoms with Crippen LogP contribution in [0, 0.1) is 0 Å². The van der Waals surface area contributed by atoms with Crippen LogP contribution in [0.15, 0.2) is 12.1 Å². The molecule has 21 heavy (non-hydrogen) atoms. The second-order valence-corrected chi connectivity index (χ2v) is 4.55. The van der Waals surface area contributed by atoms with Gasteiger partial charge in [-0.2, -0.15) is 0 Å². The van der Waals surface area contributed by atoms with Crippen molar-refractivity contribution in [3.05, 3.63) is 12.1 Å². The summed E-state index contributed by atoms with van der Waals surface area (Å²) < 4.78 is 15.8. The number of amides is 1. The third-order valence-electron chi connectivity index (χ3n) is 3.31. The maximum Gasteiger partial charge on any atom is 0.241 e. The lowest BCUT2D eigenvalue weighted by Gasteiger charge is -2.16. The van der Waals surface area contributed by atoms with Crippen LogP contribution in [0.5, 0.6) is 17.2 Å². The van der Waals surface area contributed by atoms with Crippen LogP contribution in [-0.2, 0) is 4.79 Å². The quantitative estimate of drug-likeness (QED) is 0.867. The number of hydrogen-bond donors (Lipinski definition) is 2. The van der Waals surface area contributed by atoms with E-state index in [0.29, 0.717) is 22.9 Å². The molecule has 1 amide bonds. The van der Waals surface area contributed by atoms with Gasteiger partial charge >= 0.3 is 0 Å². The molecule has 0 saturated carbocycles. The van der Waals surface area contributed by atoms with Crippen LogP contribution in [-0.4, -0.2) is 39.8 Å². The minimum absolute atomic E-state index is 0. The number of anilines is 1. The third-order valence-corrected chi connectivity index (χ3v) is 3.31. The summed E-state index contributed by atoms with van der Waals surface area (Å²) in [6.07, 6.45) is 1.88. The van der Waals surface area contributed by atoms with E-state index in [1.165, 1.54) is 0 Å². The van der Waals surface area contributed by atoms with E-state index in [1.807, 2.05) is 0 Å². The van der Waals surface area contributed by atoms with Crippen LogP contribution in [0.1, 0.15) is 12.8 Å². The Balaban J connectivity index is 0.00000220. The Morgan fingerprint density at radius 2 is 1.81 bits per heavy atom. The minimum atomic E-state index is -0.130. The van der Waals surface area contributed by atoms with Crippen LogP contribution in [0.2, 0.25) is 0 Å². The molecule has 1 aromatic carbocycles. The molecule has 2 rings (SSSR count). The molecular weight excluding hydrogens is 296 g/mol. The Morgan fingerprint density at radius 1 is 1.19 bits per heavy atom. The zero-order chi connectivity index (χ0) is 14.5. The molecule has 2 N–H and O–H groups in total. The van der Waals surface area contributed by atoms with E-state index in [4.69, 9.17) is 14.2 Å². The van der Waals surface area contributed by atoms with Gasteiger partial charge in [-0.3, -0.25) is 4.79 Å². The SMILES string of the molecule is COc1cc(NC(=O)[C@@H]2CCCN2)cc(OC)c1OC.Cl. The second kappa shape index (κ2) is 7.95. The number of rotatable bonds is 5. The van der Waals surface area contributed by atoms with Gasteiger partial charge < -0.3 is 24.8 Å². The van der Waals surface area contributed by atoms with E-state index >= 15 is 0 Å². The van der Waals surface area contributed by atoms with Gasteiger partial charge in [-0.05, 0) is 19.4 Å². The highest BCUT2D eigenvalue weighted by molar-refractivity contribution is 5.95. The molecule has 0 aliphatic carbocycles. The van der Waals surface area contributed by atoms with E-state index in [9.17, 15) is 4.79 Å². The summed E-state index contributed by atoms with van der Waals surface area (Å²) in [5, 5.41) is 6.02. The fourth-order valence-electron chi connectivity index (χ4n) is 2.29. The maximum atomic E-state index is 12.1. The largest absolute Gasteiger partial charge is 0.493 e.